The molecule has 0 spiro atoms. The number of hydrogen-bond donors (Lipinski definition) is 3. The van der Waals surface area contributed by atoms with Crippen molar-refractivity contribution in [3.8, 4) is 0 Å². The van der Waals surface area contributed by atoms with Gasteiger partial charge < -0.3 is 15.7 Å². The first-order chi connectivity index (χ1) is 8.99. The van der Waals surface area contributed by atoms with E-state index >= 15 is 0 Å². The Hall–Kier alpha value is -2.11. The lowest BCUT2D eigenvalue weighted by molar-refractivity contribution is -0.137. The summed E-state index contributed by atoms with van der Waals surface area (Å²) >= 11 is 0. The van der Waals surface area contributed by atoms with Crippen molar-refractivity contribution in [2.45, 2.75) is 26.2 Å². The van der Waals surface area contributed by atoms with Gasteiger partial charge in [-0.25, -0.2) is 9.18 Å². The number of carbonyl (C=O) groups is 2. The Labute approximate surface area is 110 Å². The fourth-order valence-corrected chi connectivity index (χ4v) is 1.54. The lowest BCUT2D eigenvalue weighted by Crippen LogP contribution is -2.29. The Morgan fingerprint density at radius 3 is 2.68 bits per heavy atom. The van der Waals surface area contributed by atoms with Crippen LogP contribution in [0.2, 0.25) is 0 Å². The summed E-state index contributed by atoms with van der Waals surface area (Å²) in [7, 11) is 0. The van der Waals surface area contributed by atoms with Gasteiger partial charge in [0, 0.05) is 18.7 Å². The Morgan fingerprint density at radius 1 is 1.32 bits per heavy atom. The van der Waals surface area contributed by atoms with E-state index in [1.54, 1.807) is 6.92 Å². The minimum Gasteiger partial charge on any atom is -0.481 e. The molecule has 0 saturated heterocycles. The van der Waals surface area contributed by atoms with Gasteiger partial charge >= 0.3 is 12.0 Å². The number of carbonyl (C=O) groups excluding carboxylic acids is 1. The molecule has 0 fully saturated rings. The maximum Gasteiger partial charge on any atom is 0.319 e. The number of hydrogen-bond acceptors (Lipinski definition) is 2. The molecule has 1 aromatic rings. The normalized spacial score (nSPS) is 10.0. The second-order valence-corrected chi connectivity index (χ2v) is 4.19. The number of unbranched alkanes of at least 4 members (excludes halogenated alkanes) is 1. The molecule has 1 aromatic carbocycles. The van der Waals surface area contributed by atoms with Gasteiger partial charge in [-0.15, -0.1) is 0 Å². The van der Waals surface area contributed by atoms with E-state index in [-0.39, 0.29) is 18.3 Å². The molecule has 6 heteroatoms. The number of amides is 2. The quantitative estimate of drug-likeness (QED) is 0.694. The van der Waals surface area contributed by atoms with Gasteiger partial charge in [0.15, 0.2) is 0 Å². The molecule has 0 aliphatic heterocycles. The van der Waals surface area contributed by atoms with Crippen molar-refractivity contribution in [1.29, 1.82) is 0 Å². The van der Waals surface area contributed by atoms with Crippen LogP contribution in [-0.2, 0) is 4.79 Å². The van der Waals surface area contributed by atoms with E-state index in [2.05, 4.69) is 10.6 Å². The summed E-state index contributed by atoms with van der Waals surface area (Å²) in [4.78, 5) is 21.8. The number of carboxylic acid groups (broad SMARTS) is 1. The third kappa shape index (κ3) is 5.85. The Morgan fingerprint density at radius 2 is 2.05 bits per heavy atom. The lowest BCUT2D eigenvalue weighted by atomic mass is 10.2. The highest BCUT2D eigenvalue weighted by atomic mass is 19.1. The van der Waals surface area contributed by atoms with Crippen LogP contribution in [0.4, 0.5) is 14.9 Å². The maximum atomic E-state index is 12.9. The number of rotatable bonds is 6. The monoisotopic (exact) mass is 268 g/mol. The average Bonchev–Trinajstić information content (AvgIpc) is 2.32. The van der Waals surface area contributed by atoms with Crippen molar-refractivity contribution in [2.24, 2.45) is 0 Å². The zero-order valence-corrected chi connectivity index (χ0v) is 10.7. The van der Waals surface area contributed by atoms with Gasteiger partial charge in [0.2, 0.25) is 0 Å². The SMILES string of the molecule is Cc1cc(F)ccc1NC(=O)NCCCCC(=O)O. The number of aliphatic carboxylic acids is 1. The number of anilines is 1. The number of carboxylic acids is 1. The molecule has 1 rings (SSSR count). The van der Waals surface area contributed by atoms with E-state index in [1.807, 2.05) is 0 Å². The summed E-state index contributed by atoms with van der Waals surface area (Å²) in [6.07, 6.45) is 1.22. The zero-order valence-electron chi connectivity index (χ0n) is 10.7. The smallest absolute Gasteiger partial charge is 0.319 e. The van der Waals surface area contributed by atoms with Crippen molar-refractivity contribution in [3.05, 3.63) is 29.6 Å². The molecule has 104 valence electrons. The van der Waals surface area contributed by atoms with E-state index in [4.69, 9.17) is 5.11 Å². The summed E-state index contributed by atoms with van der Waals surface area (Å²) in [5.74, 6) is -1.19. The van der Waals surface area contributed by atoms with E-state index in [9.17, 15) is 14.0 Å². The largest absolute Gasteiger partial charge is 0.481 e. The van der Waals surface area contributed by atoms with Crippen LogP contribution in [0.1, 0.15) is 24.8 Å². The van der Waals surface area contributed by atoms with Gasteiger partial charge in [0.1, 0.15) is 5.82 Å². The number of nitrogens with one attached hydrogen (secondary N) is 2. The predicted molar refractivity (Wildman–Crippen MR) is 69.6 cm³/mol. The summed E-state index contributed by atoms with van der Waals surface area (Å²) in [6, 6.07) is 3.72. The second kappa shape index (κ2) is 7.35. The van der Waals surface area contributed by atoms with Gasteiger partial charge in [-0.1, -0.05) is 0 Å². The van der Waals surface area contributed by atoms with E-state index < -0.39 is 5.97 Å². The van der Waals surface area contributed by atoms with Crippen molar-refractivity contribution >= 4 is 17.7 Å². The first-order valence-electron chi connectivity index (χ1n) is 6.02. The second-order valence-electron chi connectivity index (χ2n) is 4.19. The van der Waals surface area contributed by atoms with Crippen LogP contribution in [0, 0.1) is 12.7 Å². The van der Waals surface area contributed by atoms with Crippen LogP contribution >= 0.6 is 0 Å². The topological polar surface area (TPSA) is 78.4 Å². The van der Waals surface area contributed by atoms with Crippen LogP contribution in [0.25, 0.3) is 0 Å². The van der Waals surface area contributed by atoms with Crippen LogP contribution in [0.5, 0.6) is 0 Å². The lowest BCUT2D eigenvalue weighted by Gasteiger charge is -2.09. The van der Waals surface area contributed by atoms with Crippen molar-refractivity contribution < 1.29 is 19.1 Å². The first-order valence-corrected chi connectivity index (χ1v) is 6.02. The fourth-order valence-electron chi connectivity index (χ4n) is 1.54. The van der Waals surface area contributed by atoms with Crippen molar-refractivity contribution in [1.82, 2.24) is 5.32 Å². The van der Waals surface area contributed by atoms with Crippen LogP contribution in [-0.4, -0.2) is 23.7 Å². The molecule has 0 aromatic heterocycles. The highest BCUT2D eigenvalue weighted by molar-refractivity contribution is 5.89. The molecule has 2 amide bonds. The summed E-state index contributed by atoms with van der Waals surface area (Å²) in [5, 5.41) is 13.7. The van der Waals surface area contributed by atoms with Crippen LogP contribution in [0.15, 0.2) is 18.2 Å². The predicted octanol–water partition coefficient (Wildman–Crippen LogP) is 2.51. The highest BCUT2D eigenvalue weighted by Crippen LogP contribution is 2.15. The van der Waals surface area contributed by atoms with E-state index in [1.165, 1.54) is 18.2 Å². The number of urea groups is 1. The number of aryl methyl sites for hydroxylation is 1. The van der Waals surface area contributed by atoms with Crippen molar-refractivity contribution in [2.75, 3.05) is 11.9 Å². The standard InChI is InChI=1S/C13H17FN2O3/c1-9-8-10(14)5-6-11(9)16-13(19)15-7-3-2-4-12(17)18/h5-6,8H,2-4,7H2,1H3,(H,17,18)(H2,15,16,19). The molecular weight excluding hydrogens is 251 g/mol. The molecule has 19 heavy (non-hydrogen) atoms. The molecular formula is C13H17FN2O3. The van der Waals surface area contributed by atoms with Gasteiger partial charge in [0.25, 0.3) is 0 Å². The molecule has 0 aliphatic carbocycles. The molecule has 0 radical (unpaired) electrons. The van der Waals surface area contributed by atoms with E-state index in [0.717, 1.165) is 0 Å². The molecule has 0 unspecified atom stereocenters. The molecule has 0 aliphatic rings. The first kappa shape index (κ1) is 14.9. The minimum absolute atomic E-state index is 0.0976. The average molecular weight is 268 g/mol. The number of halogens is 1. The van der Waals surface area contributed by atoms with Gasteiger partial charge in [-0.3, -0.25) is 4.79 Å². The Kier molecular flexibility index (Phi) is 5.78. The summed E-state index contributed by atoms with van der Waals surface area (Å²) < 4.78 is 12.9. The van der Waals surface area contributed by atoms with Crippen LogP contribution < -0.4 is 10.6 Å². The minimum atomic E-state index is -0.841. The molecule has 0 heterocycles. The van der Waals surface area contributed by atoms with Gasteiger partial charge in [-0.05, 0) is 43.5 Å². The van der Waals surface area contributed by atoms with Gasteiger partial charge in [-0.2, -0.15) is 0 Å². The third-order valence-corrected chi connectivity index (χ3v) is 2.54. The van der Waals surface area contributed by atoms with E-state index in [0.29, 0.717) is 30.6 Å². The molecule has 0 saturated carbocycles. The Bertz CT molecular complexity index is 463. The molecule has 5 nitrogen and oxygen atoms in total. The zero-order chi connectivity index (χ0) is 14.3. The molecule has 0 atom stereocenters. The third-order valence-electron chi connectivity index (χ3n) is 2.54. The van der Waals surface area contributed by atoms with Gasteiger partial charge in [0.05, 0.1) is 0 Å². The summed E-state index contributed by atoms with van der Waals surface area (Å²) in [6.45, 7) is 2.10. The summed E-state index contributed by atoms with van der Waals surface area (Å²) in [5.41, 5.74) is 1.19. The Balaban J connectivity index is 2.29. The molecule has 3 N–H and O–H groups in total. The molecule has 0 bridgehead atoms. The number of benzene rings is 1. The maximum absolute atomic E-state index is 12.9. The van der Waals surface area contributed by atoms with Crippen LogP contribution in [0.3, 0.4) is 0 Å². The highest BCUT2D eigenvalue weighted by Gasteiger charge is 2.04. The van der Waals surface area contributed by atoms with Crippen molar-refractivity contribution in [3.63, 3.8) is 0 Å². The fraction of sp³-hybridized carbons (Fsp3) is 0.385.